The van der Waals surface area contributed by atoms with Gasteiger partial charge in [-0.15, -0.1) is 0 Å². The summed E-state index contributed by atoms with van der Waals surface area (Å²) in [6, 6.07) is 9.77. The van der Waals surface area contributed by atoms with E-state index in [1.54, 1.807) is 19.4 Å². The molecule has 1 aromatic carbocycles. The monoisotopic (exact) mass is 273 g/mol. The molecule has 5 nitrogen and oxygen atoms in total. The predicted octanol–water partition coefficient (Wildman–Crippen LogP) is 2.54. The summed E-state index contributed by atoms with van der Waals surface area (Å²) in [4.78, 5) is 8.35. The Morgan fingerprint density at radius 2 is 2.05 bits per heavy atom. The Bertz CT molecular complexity index is 546. The fraction of sp³-hybridized carbons (Fsp3) is 0.333. The zero-order valence-electron chi connectivity index (χ0n) is 11.8. The van der Waals surface area contributed by atoms with Crippen molar-refractivity contribution in [1.29, 1.82) is 0 Å². The number of nitrogens with zero attached hydrogens (tertiary/aromatic N) is 2. The first-order valence-corrected chi connectivity index (χ1v) is 6.65. The van der Waals surface area contributed by atoms with Crippen LogP contribution in [0.3, 0.4) is 0 Å². The highest BCUT2D eigenvalue weighted by Crippen LogP contribution is 2.18. The minimum atomic E-state index is 0.553. The normalized spacial score (nSPS) is 10.1. The molecule has 106 valence electrons. The van der Waals surface area contributed by atoms with Gasteiger partial charge >= 0.3 is 0 Å². The van der Waals surface area contributed by atoms with Crippen LogP contribution >= 0.6 is 0 Å². The Morgan fingerprint density at radius 3 is 2.85 bits per heavy atom. The smallest absolute Gasteiger partial charge is 0.225 e. The lowest BCUT2D eigenvalue weighted by atomic mass is 10.1. The van der Waals surface area contributed by atoms with Crippen molar-refractivity contribution >= 4 is 5.95 Å². The summed E-state index contributed by atoms with van der Waals surface area (Å²) in [7, 11) is 1.59. The first-order chi connectivity index (χ1) is 9.83. The molecule has 0 aliphatic rings. The zero-order valence-corrected chi connectivity index (χ0v) is 11.8. The van der Waals surface area contributed by atoms with Gasteiger partial charge in [0.1, 0.15) is 5.75 Å². The molecule has 5 heteroatoms. The molecule has 0 amide bonds. The number of aromatic nitrogens is 2. The molecule has 0 unspecified atom stereocenters. The van der Waals surface area contributed by atoms with Crippen LogP contribution in [0, 0.1) is 0 Å². The number of hydrogen-bond acceptors (Lipinski definition) is 5. The molecule has 0 radical (unpaired) electrons. The van der Waals surface area contributed by atoms with E-state index in [2.05, 4.69) is 21.4 Å². The lowest BCUT2D eigenvalue weighted by Gasteiger charge is -2.10. The van der Waals surface area contributed by atoms with Gasteiger partial charge in [-0.3, -0.25) is 0 Å². The lowest BCUT2D eigenvalue weighted by molar-refractivity contribution is 0.336. The predicted molar refractivity (Wildman–Crippen MR) is 78.4 cm³/mol. The fourth-order valence-electron chi connectivity index (χ4n) is 1.86. The van der Waals surface area contributed by atoms with Gasteiger partial charge < -0.3 is 14.8 Å². The highest BCUT2D eigenvalue weighted by molar-refractivity contribution is 5.35. The van der Waals surface area contributed by atoms with Crippen molar-refractivity contribution in [2.75, 3.05) is 25.6 Å². The maximum atomic E-state index is 5.60. The number of ether oxygens (including phenoxy) is 2. The molecule has 0 aliphatic carbocycles. The highest BCUT2D eigenvalue weighted by Gasteiger charge is 2.03. The van der Waals surface area contributed by atoms with Crippen LogP contribution in [0.1, 0.15) is 12.5 Å². The maximum Gasteiger partial charge on any atom is 0.225 e. The van der Waals surface area contributed by atoms with Gasteiger partial charge in [0.2, 0.25) is 11.8 Å². The quantitative estimate of drug-likeness (QED) is 0.840. The third-order valence-corrected chi connectivity index (χ3v) is 2.79. The molecule has 2 aromatic rings. The van der Waals surface area contributed by atoms with E-state index in [1.807, 2.05) is 25.1 Å². The number of hydrogen-bond donors (Lipinski definition) is 1. The first-order valence-electron chi connectivity index (χ1n) is 6.65. The van der Waals surface area contributed by atoms with Crippen LogP contribution in [0.25, 0.3) is 0 Å². The van der Waals surface area contributed by atoms with Crippen molar-refractivity contribution in [2.45, 2.75) is 13.3 Å². The molecular formula is C15H19N3O2. The van der Waals surface area contributed by atoms with E-state index in [4.69, 9.17) is 9.47 Å². The Kier molecular flexibility index (Phi) is 5.17. The molecule has 0 fully saturated rings. The average Bonchev–Trinajstić information content (AvgIpc) is 2.49. The van der Waals surface area contributed by atoms with Crippen LogP contribution in [-0.4, -0.2) is 30.2 Å². The molecule has 1 heterocycles. The van der Waals surface area contributed by atoms with E-state index in [-0.39, 0.29) is 0 Å². The molecule has 1 aromatic heterocycles. The van der Waals surface area contributed by atoms with Gasteiger partial charge in [-0.1, -0.05) is 18.2 Å². The van der Waals surface area contributed by atoms with E-state index in [1.165, 1.54) is 5.56 Å². The number of anilines is 1. The molecule has 0 bridgehead atoms. The standard InChI is InChI=1S/C15H19N3O2/c1-3-20-13-7-5-4-6-12(13)8-10-16-15-17-11-9-14(18-15)19-2/h4-7,9,11H,3,8,10H2,1-2H3,(H,16,17,18). The topological polar surface area (TPSA) is 56.3 Å². The summed E-state index contributed by atoms with van der Waals surface area (Å²) in [6.45, 7) is 3.39. The van der Waals surface area contributed by atoms with Crippen molar-refractivity contribution in [1.82, 2.24) is 9.97 Å². The molecule has 0 atom stereocenters. The maximum absolute atomic E-state index is 5.60. The number of nitrogens with one attached hydrogen (secondary N) is 1. The van der Waals surface area contributed by atoms with E-state index in [9.17, 15) is 0 Å². The van der Waals surface area contributed by atoms with E-state index in [0.29, 0.717) is 18.4 Å². The van der Waals surface area contributed by atoms with Gasteiger partial charge in [-0.25, -0.2) is 4.98 Å². The lowest BCUT2D eigenvalue weighted by Crippen LogP contribution is -2.09. The van der Waals surface area contributed by atoms with Gasteiger partial charge in [0.05, 0.1) is 13.7 Å². The Morgan fingerprint density at radius 1 is 1.20 bits per heavy atom. The summed E-state index contributed by atoms with van der Waals surface area (Å²) < 4.78 is 10.7. The van der Waals surface area contributed by atoms with Gasteiger partial charge in [-0.05, 0) is 25.0 Å². The molecular weight excluding hydrogens is 254 g/mol. The van der Waals surface area contributed by atoms with Gasteiger partial charge in [0.25, 0.3) is 0 Å². The van der Waals surface area contributed by atoms with Crippen LogP contribution in [0.2, 0.25) is 0 Å². The number of para-hydroxylation sites is 1. The second-order valence-electron chi connectivity index (χ2n) is 4.14. The second kappa shape index (κ2) is 7.33. The van der Waals surface area contributed by atoms with E-state index < -0.39 is 0 Å². The van der Waals surface area contributed by atoms with E-state index in [0.717, 1.165) is 18.7 Å². The van der Waals surface area contributed by atoms with Crippen LogP contribution in [-0.2, 0) is 6.42 Å². The summed E-state index contributed by atoms with van der Waals surface area (Å²) in [5, 5.41) is 3.18. The number of benzene rings is 1. The van der Waals surface area contributed by atoms with Crippen LogP contribution in [0.15, 0.2) is 36.5 Å². The molecule has 1 N–H and O–H groups in total. The Labute approximate surface area is 119 Å². The molecule has 0 saturated heterocycles. The molecule has 20 heavy (non-hydrogen) atoms. The fourth-order valence-corrected chi connectivity index (χ4v) is 1.86. The molecule has 0 saturated carbocycles. The summed E-state index contributed by atoms with van der Waals surface area (Å²) in [5.41, 5.74) is 1.17. The number of rotatable bonds is 7. The van der Waals surface area contributed by atoms with E-state index >= 15 is 0 Å². The van der Waals surface area contributed by atoms with Crippen molar-refractivity contribution in [2.24, 2.45) is 0 Å². The minimum absolute atomic E-state index is 0.553. The van der Waals surface area contributed by atoms with Gasteiger partial charge in [0, 0.05) is 18.8 Å². The second-order valence-corrected chi connectivity index (χ2v) is 4.14. The molecule has 0 aliphatic heterocycles. The minimum Gasteiger partial charge on any atom is -0.494 e. The van der Waals surface area contributed by atoms with Crippen LogP contribution in [0.4, 0.5) is 5.95 Å². The SMILES string of the molecule is CCOc1ccccc1CCNc1nccc(OC)n1. The average molecular weight is 273 g/mol. The molecule has 0 spiro atoms. The number of methoxy groups -OCH3 is 1. The Balaban J connectivity index is 1.92. The van der Waals surface area contributed by atoms with Crippen LogP contribution in [0.5, 0.6) is 11.6 Å². The third kappa shape index (κ3) is 3.85. The van der Waals surface area contributed by atoms with Crippen molar-refractivity contribution in [3.05, 3.63) is 42.1 Å². The molecule has 2 rings (SSSR count). The summed E-state index contributed by atoms with van der Waals surface area (Å²) >= 11 is 0. The van der Waals surface area contributed by atoms with Crippen molar-refractivity contribution < 1.29 is 9.47 Å². The van der Waals surface area contributed by atoms with Crippen molar-refractivity contribution in [3.63, 3.8) is 0 Å². The zero-order chi connectivity index (χ0) is 14.2. The third-order valence-electron chi connectivity index (χ3n) is 2.79. The highest BCUT2D eigenvalue weighted by atomic mass is 16.5. The van der Waals surface area contributed by atoms with Crippen molar-refractivity contribution in [3.8, 4) is 11.6 Å². The van der Waals surface area contributed by atoms with Crippen LogP contribution < -0.4 is 14.8 Å². The summed E-state index contributed by atoms with van der Waals surface area (Å²) in [5.74, 6) is 2.05. The first kappa shape index (κ1) is 14.1. The Hall–Kier alpha value is -2.30. The largest absolute Gasteiger partial charge is 0.494 e. The van der Waals surface area contributed by atoms with Gasteiger partial charge in [-0.2, -0.15) is 4.98 Å². The summed E-state index contributed by atoms with van der Waals surface area (Å²) in [6.07, 6.45) is 2.51. The van der Waals surface area contributed by atoms with Gasteiger partial charge in [0.15, 0.2) is 0 Å².